The highest BCUT2D eigenvalue weighted by molar-refractivity contribution is 5.96. The third kappa shape index (κ3) is 3.35. The number of rotatable bonds is 4. The molecular weight excluding hydrogens is 257 g/mol. The molecule has 3 nitrogen and oxygen atoms in total. The van der Waals surface area contributed by atoms with E-state index >= 15 is 0 Å². The van der Waals surface area contributed by atoms with Crippen LogP contribution >= 0.6 is 0 Å². The minimum Gasteiger partial charge on any atom is -0.488 e. The van der Waals surface area contributed by atoms with E-state index in [0.29, 0.717) is 11.3 Å². The van der Waals surface area contributed by atoms with Crippen molar-refractivity contribution >= 4 is 5.91 Å². The minimum atomic E-state index is -0.281. The molecule has 0 unspecified atom stereocenters. The van der Waals surface area contributed by atoms with E-state index in [2.05, 4.69) is 0 Å². The molecule has 0 aliphatic heterocycles. The monoisotopic (exact) mass is 273 g/mol. The first-order valence-corrected chi connectivity index (χ1v) is 6.26. The molecule has 20 heavy (non-hydrogen) atoms. The second-order valence-electron chi connectivity index (χ2n) is 4.61. The van der Waals surface area contributed by atoms with E-state index in [4.69, 9.17) is 4.74 Å². The van der Waals surface area contributed by atoms with Gasteiger partial charge >= 0.3 is 0 Å². The summed E-state index contributed by atoms with van der Waals surface area (Å²) in [5.41, 5.74) is 1.36. The third-order valence-corrected chi connectivity index (χ3v) is 2.83. The van der Waals surface area contributed by atoms with E-state index in [1.165, 1.54) is 17.0 Å². The Labute approximate surface area is 117 Å². The molecule has 0 spiro atoms. The number of halogens is 1. The molecule has 0 aliphatic rings. The van der Waals surface area contributed by atoms with E-state index < -0.39 is 0 Å². The van der Waals surface area contributed by atoms with Gasteiger partial charge in [0.05, 0.1) is 5.56 Å². The molecule has 0 aliphatic carbocycles. The topological polar surface area (TPSA) is 29.5 Å². The Balaban J connectivity index is 2.13. The Hall–Kier alpha value is -2.36. The van der Waals surface area contributed by atoms with Crippen molar-refractivity contribution in [3.63, 3.8) is 0 Å². The number of carbonyl (C=O) groups excluding carboxylic acids is 1. The van der Waals surface area contributed by atoms with Gasteiger partial charge in [-0.3, -0.25) is 4.79 Å². The molecule has 0 saturated carbocycles. The number of carbonyl (C=O) groups is 1. The van der Waals surface area contributed by atoms with Crippen molar-refractivity contribution in [3.05, 3.63) is 65.5 Å². The van der Waals surface area contributed by atoms with Crippen LogP contribution in [0.3, 0.4) is 0 Å². The van der Waals surface area contributed by atoms with E-state index in [1.807, 2.05) is 6.07 Å². The Kier molecular flexibility index (Phi) is 4.35. The number of hydrogen-bond donors (Lipinski definition) is 0. The first-order valence-electron chi connectivity index (χ1n) is 6.26. The summed E-state index contributed by atoms with van der Waals surface area (Å²) in [5, 5.41) is 0. The Morgan fingerprint density at radius 2 is 1.75 bits per heavy atom. The van der Waals surface area contributed by atoms with Crippen LogP contribution in [-0.4, -0.2) is 24.9 Å². The quantitative estimate of drug-likeness (QED) is 0.856. The van der Waals surface area contributed by atoms with Crippen LogP contribution in [0, 0.1) is 5.82 Å². The number of ether oxygens (including phenoxy) is 1. The van der Waals surface area contributed by atoms with Crippen molar-refractivity contribution in [3.8, 4) is 5.75 Å². The molecule has 0 saturated heterocycles. The summed E-state index contributed by atoms with van der Waals surface area (Å²) in [5.74, 6) is 0.132. The van der Waals surface area contributed by atoms with Crippen molar-refractivity contribution in [2.45, 2.75) is 6.61 Å². The van der Waals surface area contributed by atoms with Gasteiger partial charge in [-0.25, -0.2) is 4.39 Å². The normalized spacial score (nSPS) is 10.2. The van der Waals surface area contributed by atoms with Crippen LogP contribution in [0.4, 0.5) is 4.39 Å². The van der Waals surface area contributed by atoms with Crippen molar-refractivity contribution < 1.29 is 13.9 Å². The van der Waals surface area contributed by atoms with Gasteiger partial charge in [0, 0.05) is 14.1 Å². The summed E-state index contributed by atoms with van der Waals surface area (Å²) in [6.45, 7) is 0.290. The van der Waals surface area contributed by atoms with Gasteiger partial charge < -0.3 is 9.64 Å². The number of amides is 1. The Bertz CT molecular complexity index is 594. The molecule has 0 radical (unpaired) electrons. The largest absolute Gasteiger partial charge is 0.488 e. The van der Waals surface area contributed by atoms with Crippen LogP contribution in [-0.2, 0) is 6.61 Å². The minimum absolute atomic E-state index is 0.111. The molecule has 4 heteroatoms. The lowest BCUT2D eigenvalue weighted by molar-refractivity contribution is 0.0822. The zero-order valence-electron chi connectivity index (χ0n) is 11.5. The van der Waals surface area contributed by atoms with E-state index in [1.54, 1.807) is 44.4 Å². The summed E-state index contributed by atoms with van der Waals surface area (Å²) >= 11 is 0. The predicted molar refractivity (Wildman–Crippen MR) is 75.2 cm³/mol. The Morgan fingerprint density at radius 1 is 1.10 bits per heavy atom. The van der Waals surface area contributed by atoms with Gasteiger partial charge in [0.25, 0.3) is 5.91 Å². The number of para-hydroxylation sites is 1. The number of benzene rings is 2. The van der Waals surface area contributed by atoms with Gasteiger partial charge in [-0.05, 0) is 29.8 Å². The molecule has 104 valence electrons. The van der Waals surface area contributed by atoms with Crippen molar-refractivity contribution in [1.82, 2.24) is 4.90 Å². The molecule has 2 aromatic rings. The number of hydrogen-bond acceptors (Lipinski definition) is 2. The highest BCUT2D eigenvalue weighted by Crippen LogP contribution is 2.20. The fourth-order valence-electron chi connectivity index (χ4n) is 1.75. The fraction of sp³-hybridized carbons (Fsp3) is 0.188. The fourth-order valence-corrected chi connectivity index (χ4v) is 1.75. The van der Waals surface area contributed by atoms with Crippen molar-refractivity contribution in [2.24, 2.45) is 0 Å². The summed E-state index contributed by atoms with van der Waals surface area (Å²) in [4.78, 5) is 13.5. The van der Waals surface area contributed by atoms with Gasteiger partial charge in [-0.15, -0.1) is 0 Å². The van der Waals surface area contributed by atoms with Gasteiger partial charge in [0.15, 0.2) is 0 Å². The molecule has 0 atom stereocenters. The maximum atomic E-state index is 12.8. The maximum absolute atomic E-state index is 12.8. The lowest BCUT2D eigenvalue weighted by Crippen LogP contribution is -2.22. The first-order chi connectivity index (χ1) is 9.58. The Morgan fingerprint density at radius 3 is 2.40 bits per heavy atom. The van der Waals surface area contributed by atoms with Crippen LogP contribution in [0.2, 0.25) is 0 Å². The van der Waals surface area contributed by atoms with Crippen molar-refractivity contribution in [2.75, 3.05) is 14.1 Å². The average Bonchev–Trinajstić information content (AvgIpc) is 2.46. The lowest BCUT2D eigenvalue weighted by atomic mass is 10.1. The zero-order chi connectivity index (χ0) is 14.5. The highest BCUT2D eigenvalue weighted by Gasteiger charge is 2.13. The molecule has 0 fully saturated rings. The van der Waals surface area contributed by atoms with E-state index in [-0.39, 0.29) is 18.3 Å². The lowest BCUT2D eigenvalue weighted by Gasteiger charge is -2.14. The standard InChI is InChI=1S/C16H16FNO2/c1-18(2)16(19)14-5-3-4-6-15(14)20-11-12-7-9-13(17)10-8-12/h3-10H,11H2,1-2H3. The van der Waals surface area contributed by atoms with Gasteiger partial charge in [-0.1, -0.05) is 24.3 Å². The predicted octanol–water partition coefficient (Wildman–Crippen LogP) is 3.11. The molecule has 2 rings (SSSR count). The molecule has 0 heterocycles. The van der Waals surface area contributed by atoms with E-state index in [9.17, 15) is 9.18 Å². The van der Waals surface area contributed by atoms with Crippen molar-refractivity contribution in [1.29, 1.82) is 0 Å². The SMILES string of the molecule is CN(C)C(=O)c1ccccc1OCc1ccc(F)cc1. The summed E-state index contributed by atoms with van der Waals surface area (Å²) in [6.07, 6.45) is 0. The summed E-state index contributed by atoms with van der Waals surface area (Å²) in [7, 11) is 3.39. The summed E-state index contributed by atoms with van der Waals surface area (Å²) in [6, 6.07) is 13.2. The van der Waals surface area contributed by atoms with Gasteiger partial charge in [0.2, 0.25) is 0 Å². The molecular formula is C16H16FNO2. The van der Waals surface area contributed by atoms with Crippen LogP contribution in [0.1, 0.15) is 15.9 Å². The molecule has 2 aromatic carbocycles. The second kappa shape index (κ2) is 6.19. The zero-order valence-corrected chi connectivity index (χ0v) is 11.5. The maximum Gasteiger partial charge on any atom is 0.257 e. The molecule has 0 N–H and O–H groups in total. The highest BCUT2D eigenvalue weighted by atomic mass is 19.1. The van der Waals surface area contributed by atoms with Crippen LogP contribution in [0.15, 0.2) is 48.5 Å². The molecule has 0 aromatic heterocycles. The third-order valence-electron chi connectivity index (χ3n) is 2.83. The molecule has 0 bridgehead atoms. The second-order valence-corrected chi connectivity index (χ2v) is 4.61. The van der Waals surface area contributed by atoms with Crippen LogP contribution in [0.25, 0.3) is 0 Å². The average molecular weight is 273 g/mol. The van der Waals surface area contributed by atoms with E-state index in [0.717, 1.165) is 5.56 Å². The number of nitrogens with zero attached hydrogens (tertiary/aromatic N) is 1. The summed E-state index contributed by atoms with van der Waals surface area (Å²) < 4.78 is 18.5. The smallest absolute Gasteiger partial charge is 0.257 e. The first kappa shape index (κ1) is 14.1. The van der Waals surface area contributed by atoms with Gasteiger partial charge in [-0.2, -0.15) is 0 Å². The van der Waals surface area contributed by atoms with Crippen LogP contribution in [0.5, 0.6) is 5.75 Å². The van der Waals surface area contributed by atoms with Crippen LogP contribution < -0.4 is 4.74 Å². The molecule has 1 amide bonds. The van der Waals surface area contributed by atoms with Gasteiger partial charge in [0.1, 0.15) is 18.2 Å².